The highest BCUT2D eigenvalue weighted by Crippen LogP contribution is 2.06. The third-order valence-electron chi connectivity index (χ3n) is 0.597. The average Bonchev–Trinajstić information content (AvgIpc) is 1.84. The van der Waals surface area contributed by atoms with E-state index in [2.05, 4.69) is 5.73 Å². The van der Waals surface area contributed by atoms with Crippen molar-refractivity contribution in [3.63, 3.8) is 0 Å². The number of rotatable bonds is 2. The molecule has 3 N–H and O–H groups in total. The van der Waals surface area contributed by atoms with Gasteiger partial charge in [-0.1, -0.05) is 0 Å². The molecular formula is C4H3F2NO3. The molecule has 0 fully saturated rings. The molecule has 0 saturated heterocycles. The fourth-order valence-electron chi connectivity index (χ4n) is 0.202. The second-order valence-corrected chi connectivity index (χ2v) is 1.30. The van der Waals surface area contributed by atoms with Crippen LogP contribution in [0.2, 0.25) is 0 Å². The van der Waals surface area contributed by atoms with E-state index in [1.165, 1.54) is 0 Å². The SMILES string of the molecule is NC(=O)/C(F)=C(\F)C(=O)O. The molecule has 0 bridgehead atoms. The Hall–Kier alpha value is -1.46. The largest absolute Gasteiger partial charge is 0.476 e. The zero-order valence-corrected chi connectivity index (χ0v) is 4.60. The maximum Gasteiger partial charge on any atom is 0.368 e. The molecule has 0 heterocycles. The molecule has 4 nitrogen and oxygen atoms in total. The molecule has 0 spiro atoms. The molecule has 0 atom stereocenters. The molecular weight excluding hydrogens is 148 g/mol. The van der Waals surface area contributed by atoms with E-state index < -0.39 is 23.5 Å². The van der Waals surface area contributed by atoms with Gasteiger partial charge in [0, 0.05) is 0 Å². The van der Waals surface area contributed by atoms with Crippen LogP contribution in [0.25, 0.3) is 0 Å². The quantitative estimate of drug-likeness (QED) is 0.532. The van der Waals surface area contributed by atoms with E-state index in [9.17, 15) is 18.4 Å². The number of primary amides is 1. The third-order valence-corrected chi connectivity index (χ3v) is 0.597. The second-order valence-electron chi connectivity index (χ2n) is 1.30. The Morgan fingerprint density at radius 2 is 1.60 bits per heavy atom. The standard InChI is InChI=1S/C4H3F2NO3/c5-1(3(7)8)2(6)4(9)10/h(H2,7,8)(H,9,10)/b2-1+. The number of hydrogen-bond acceptors (Lipinski definition) is 2. The molecule has 1 amide bonds. The van der Waals surface area contributed by atoms with E-state index in [1.54, 1.807) is 0 Å². The number of amides is 1. The molecule has 0 aliphatic rings. The molecule has 0 aliphatic heterocycles. The molecule has 10 heavy (non-hydrogen) atoms. The number of halogens is 2. The first-order valence-corrected chi connectivity index (χ1v) is 2.05. The van der Waals surface area contributed by atoms with Crippen molar-refractivity contribution in [3.05, 3.63) is 11.7 Å². The van der Waals surface area contributed by atoms with Crippen molar-refractivity contribution in [1.82, 2.24) is 0 Å². The summed E-state index contributed by atoms with van der Waals surface area (Å²) in [6.45, 7) is 0. The van der Waals surface area contributed by atoms with Crippen molar-refractivity contribution in [2.24, 2.45) is 5.73 Å². The summed E-state index contributed by atoms with van der Waals surface area (Å²) in [5, 5.41) is 7.72. The lowest BCUT2D eigenvalue weighted by Gasteiger charge is -1.88. The van der Waals surface area contributed by atoms with Gasteiger partial charge >= 0.3 is 5.97 Å². The molecule has 0 radical (unpaired) electrons. The highest BCUT2D eigenvalue weighted by atomic mass is 19.2. The molecule has 0 aliphatic carbocycles. The summed E-state index contributed by atoms with van der Waals surface area (Å²) in [6.07, 6.45) is 0. The number of aliphatic carboxylic acids is 1. The van der Waals surface area contributed by atoms with Crippen LogP contribution in [0.3, 0.4) is 0 Å². The summed E-state index contributed by atoms with van der Waals surface area (Å²) in [4.78, 5) is 19.3. The Kier molecular flexibility index (Phi) is 2.48. The van der Waals surface area contributed by atoms with Crippen molar-refractivity contribution < 1.29 is 23.5 Å². The lowest BCUT2D eigenvalue weighted by molar-refractivity contribution is -0.135. The van der Waals surface area contributed by atoms with Gasteiger partial charge in [-0.15, -0.1) is 0 Å². The Balaban J connectivity index is 4.67. The Labute approximate surface area is 53.9 Å². The minimum absolute atomic E-state index is 1.74. The van der Waals surface area contributed by atoms with Crippen LogP contribution < -0.4 is 5.73 Å². The van der Waals surface area contributed by atoms with E-state index in [0.717, 1.165) is 0 Å². The first-order chi connectivity index (χ1) is 4.46. The van der Waals surface area contributed by atoms with Gasteiger partial charge in [-0.3, -0.25) is 4.79 Å². The van der Waals surface area contributed by atoms with Crippen LogP contribution in [0.4, 0.5) is 8.78 Å². The maximum atomic E-state index is 11.8. The molecule has 0 unspecified atom stereocenters. The smallest absolute Gasteiger partial charge is 0.368 e. The van der Waals surface area contributed by atoms with Gasteiger partial charge in [0.2, 0.25) is 11.7 Å². The fourth-order valence-corrected chi connectivity index (χ4v) is 0.202. The predicted molar refractivity (Wildman–Crippen MR) is 26.1 cm³/mol. The van der Waals surface area contributed by atoms with Crippen LogP contribution in [0.1, 0.15) is 0 Å². The molecule has 0 aromatic carbocycles. The third kappa shape index (κ3) is 1.81. The van der Waals surface area contributed by atoms with Gasteiger partial charge in [0.25, 0.3) is 5.91 Å². The summed E-state index contributed by atoms with van der Waals surface area (Å²) in [6, 6.07) is 0. The monoisotopic (exact) mass is 151 g/mol. The van der Waals surface area contributed by atoms with E-state index >= 15 is 0 Å². The van der Waals surface area contributed by atoms with Crippen LogP contribution in [0.15, 0.2) is 11.7 Å². The first kappa shape index (κ1) is 8.54. The van der Waals surface area contributed by atoms with Gasteiger partial charge in [-0.25, -0.2) is 4.79 Å². The average molecular weight is 151 g/mol. The number of carbonyl (C=O) groups excluding carboxylic acids is 1. The van der Waals surface area contributed by atoms with Gasteiger partial charge in [0.1, 0.15) is 0 Å². The van der Waals surface area contributed by atoms with Crippen LogP contribution in [0, 0.1) is 0 Å². The molecule has 0 rings (SSSR count). The topological polar surface area (TPSA) is 80.4 Å². The van der Waals surface area contributed by atoms with E-state index in [4.69, 9.17) is 5.11 Å². The van der Waals surface area contributed by atoms with Gasteiger partial charge in [-0.05, 0) is 0 Å². The molecule has 0 aromatic rings. The summed E-state index contributed by atoms with van der Waals surface area (Å²) in [5.41, 5.74) is 4.20. The molecule has 0 saturated carbocycles. The second kappa shape index (κ2) is 2.90. The summed E-state index contributed by atoms with van der Waals surface area (Å²) >= 11 is 0. The highest BCUT2D eigenvalue weighted by molar-refractivity contribution is 5.98. The van der Waals surface area contributed by atoms with E-state index in [1.807, 2.05) is 0 Å². The van der Waals surface area contributed by atoms with E-state index in [-0.39, 0.29) is 0 Å². The Morgan fingerprint density at radius 3 is 1.70 bits per heavy atom. The van der Waals surface area contributed by atoms with Gasteiger partial charge < -0.3 is 10.8 Å². The molecule has 0 aromatic heterocycles. The van der Waals surface area contributed by atoms with Crippen LogP contribution in [-0.4, -0.2) is 17.0 Å². The predicted octanol–water partition coefficient (Wildman–Crippen LogP) is -0.293. The molecule has 6 heteroatoms. The summed E-state index contributed by atoms with van der Waals surface area (Å²) in [7, 11) is 0. The number of hydrogen-bond donors (Lipinski definition) is 2. The number of carboxylic acid groups (broad SMARTS) is 1. The van der Waals surface area contributed by atoms with Crippen molar-refractivity contribution in [3.8, 4) is 0 Å². The lowest BCUT2D eigenvalue weighted by atomic mass is 10.4. The fraction of sp³-hybridized carbons (Fsp3) is 0. The lowest BCUT2D eigenvalue weighted by Crippen LogP contribution is -2.14. The van der Waals surface area contributed by atoms with Gasteiger partial charge in [-0.2, -0.15) is 8.78 Å². The minimum Gasteiger partial charge on any atom is -0.476 e. The minimum atomic E-state index is -2.17. The first-order valence-electron chi connectivity index (χ1n) is 2.05. The van der Waals surface area contributed by atoms with Crippen LogP contribution in [0.5, 0.6) is 0 Å². The van der Waals surface area contributed by atoms with Crippen molar-refractivity contribution >= 4 is 11.9 Å². The van der Waals surface area contributed by atoms with Gasteiger partial charge in [0.05, 0.1) is 0 Å². The van der Waals surface area contributed by atoms with Crippen LogP contribution >= 0.6 is 0 Å². The number of carbonyl (C=O) groups is 2. The van der Waals surface area contributed by atoms with Crippen molar-refractivity contribution in [2.45, 2.75) is 0 Å². The zero-order chi connectivity index (χ0) is 8.31. The Bertz CT molecular complexity index is 189. The Morgan fingerprint density at radius 1 is 1.20 bits per heavy atom. The maximum absolute atomic E-state index is 11.8. The highest BCUT2D eigenvalue weighted by Gasteiger charge is 2.17. The van der Waals surface area contributed by atoms with Crippen molar-refractivity contribution in [2.75, 3.05) is 0 Å². The number of nitrogens with two attached hydrogens (primary N) is 1. The van der Waals surface area contributed by atoms with Crippen molar-refractivity contribution in [1.29, 1.82) is 0 Å². The molecule has 56 valence electrons. The van der Waals surface area contributed by atoms with Crippen LogP contribution in [-0.2, 0) is 9.59 Å². The summed E-state index contributed by atoms with van der Waals surface area (Å²) < 4.78 is 23.6. The normalized spacial score (nSPS) is 12.2. The zero-order valence-electron chi connectivity index (χ0n) is 4.60. The number of carboxylic acids is 1. The van der Waals surface area contributed by atoms with E-state index in [0.29, 0.717) is 0 Å². The van der Waals surface area contributed by atoms with Gasteiger partial charge in [0.15, 0.2) is 0 Å². The summed E-state index contributed by atoms with van der Waals surface area (Å²) in [5.74, 6) is -8.14.